The number of rotatable bonds is 18. The quantitative estimate of drug-likeness (QED) is 0.0204. The number of H-pyrrole nitrogens is 1. The summed E-state index contributed by atoms with van der Waals surface area (Å²) in [5, 5.41) is 37.8. The third kappa shape index (κ3) is 12.2. The maximum Gasteiger partial charge on any atom is 0.694 e. The monoisotopic (exact) mass is 1220 g/mol. The molecular weight excluding hydrogens is 1190 g/mol. The van der Waals surface area contributed by atoms with Crippen molar-refractivity contribution in [1.29, 1.82) is 0 Å². The molecule has 0 bridgehead atoms. The molecule has 3 heterocycles. The Morgan fingerprint density at radius 2 is 1.85 bits per heavy atom. The van der Waals surface area contributed by atoms with Crippen LogP contribution in [0.2, 0.25) is 0 Å². The first-order chi connectivity index (χ1) is 30.6. The number of aromatic nitrogens is 2. The number of carboxylic acids is 1. The average Bonchev–Trinajstić information content (AvgIpc) is 3.63. The summed E-state index contributed by atoms with van der Waals surface area (Å²) in [6.45, 7) is 0.257. The van der Waals surface area contributed by atoms with Gasteiger partial charge in [0.25, 0.3) is 5.56 Å². The van der Waals surface area contributed by atoms with Crippen LogP contribution in [0.15, 0.2) is 73.2 Å². The zero-order valence-corrected chi connectivity index (χ0v) is 42.1. The van der Waals surface area contributed by atoms with Gasteiger partial charge in [-0.3, -0.25) is 28.2 Å². The van der Waals surface area contributed by atoms with Crippen LogP contribution in [-0.2, 0) is 32.2 Å². The topological polar surface area (TPSA) is 308 Å². The van der Waals surface area contributed by atoms with Gasteiger partial charge in [-0.25, -0.2) is 14.2 Å². The second kappa shape index (κ2) is 21.8. The summed E-state index contributed by atoms with van der Waals surface area (Å²) in [7, 11) is -7.98. The molecule has 0 saturated carbocycles. The molecule has 1 aromatic heterocycles. The number of phosphoric acid groups is 1. The first kappa shape index (κ1) is 51.1. The Morgan fingerprint density at radius 1 is 1.11 bits per heavy atom. The minimum Gasteiger partial charge on any atom is -0.505 e. The lowest BCUT2D eigenvalue weighted by Gasteiger charge is -2.20. The smallest absolute Gasteiger partial charge is 0.505 e. The van der Waals surface area contributed by atoms with E-state index < -0.39 is 76.5 Å². The fourth-order valence-electron chi connectivity index (χ4n) is 6.57. The molecule has 21 nitrogen and oxygen atoms in total. The second-order valence-electron chi connectivity index (χ2n) is 14.1. The Labute approximate surface area is 405 Å². The van der Waals surface area contributed by atoms with Crippen molar-refractivity contribution in [2.75, 3.05) is 38.3 Å². The molecule has 6 rings (SSSR count). The molecule has 1 aliphatic carbocycles. The Hall–Kier alpha value is -3.30. The number of carboxylic acid groups (broad SMARTS) is 1. The van der Waals surface area contributed by atoms with Crippen LogP contribution < -0.4 is 27.3 Å². The molecule has 3 aromatic rings. The van der Waals surface area contributed by atoms with Gasteiger partial charge in [-0.1, -0.05) is 6.07 Å². The largest absolute Gasteiger partial charge is 0.694 e. The zero-order chi connectivity index (χ0) is 47.5. The molecule has 3 unspecified atom stereocenters. The van der Waals surface area contributed by atoms with Crippen LogP contribution >= 0.6 is 92.0 Å². The number of aliphatic hydroxyl groups is 1. The number of nitrogens with zero attached hydrogens (tertiary/aromatic N) is 1. The maximum absolute atomic E-state index is 12.8. The van der Waals surface area contributed by atoms with Crippen LogP contribution in [0.4, 0.5) is 5.69 Å². The summed E-state index contributed by atoms with van der Waals surface area (Å²) in [5.41, 5.74) is -0.265. The Balaban J connectivity index is 1.01. The van der Waals surface area contributed by atoms with Crippen LogP contribution in [0, 0.1) is 6.92 Å². The number of nitrogens with one attached hydrogen (secondary N) is 3. The number of aryl methyl sites for hydroxylation is 1. The number of phosphoric ester groups is 1. The van der Waals surface area contributed by atoms with Gasteiger partial charge in [0.1, 0.15) is 45.8 Å². The summed E-state index contributed by atoms with van der Waals surface area (Å²) >= 11 is 18.7. The van der Waals surface area contributed by atoms with Gasteiger partial charge >= 0.3 is 27.7 Å². The van der Waals surface area contributed by atoms with E-state index in [1.165, 1.54) is 25.3 Å². The predicted molar refractivity (Wildman–Crippen MR) is 251 cm³/mol. The number of fused-ring (bicyclic) bond motifs is 2. The van der Waals surface area contributed by atoms with E-state index in [1.54, 1.807) is 18.2 Å². The van der Waals surface area contributed by atoms with Crippen molar-refractivity contribution in [3.63, 3.8) is 0 Å². The maximum atomic E-state index is 12.8. The average molecular weight is 1220 g/mol. The van der Waals surface area contributed by atoms with Crippen LogP contribution in [0.1, 0.15) is 35.0 Å². The Morgan fingerprint density at radius 3 is 2.55 bits per heavy atom. The summed E-state index contributed by atoms with van der Waals surface area (Å²) in [4.78, 5) is 71.4. The third-order valence-corrected chi connectivity index (χ3v) is 13.8. The fraction of sp³-hybridized carbons (Fsp3) is 0.324. The Bertz CT molecular complexity index is 2880. The molecule has 28 heteroatoms. The number of hydrogen-bond donors (Lipinski definition) is 8. The number of aliphatic hydroxyl groups excluding tert-OH is 1. The standard InChI is InChI=1S/C37H34Br4N4O17P2S/c1-15-11-45(37(52)44-34(15)49)26-10-24(25(60-26)14-58-63(53)54)62-64(55,56)59-13-17(46)12-57-6-2-5-42-36(65)43-16-3-4-18(19(7-16)35(50)51)27-20-8-22(38)30(47)28(40)32(20)61-33-21(27)9-23(39)31(48)29(33)41/h3-4,7-9,11,17,24-26,46H,2,5-6,10,12-14H2,1H3,(H6-,42,43,44,47,48,49,50,51,52,53,54,55,56,65)/p+1/t17?,24-,25+,26+/m0/s1. The molecule has 1 fully saturated rings. The van der Waals surface area contributed by atoms with Gasteiger partial charge in [-0.2, -0.15) is 0 Å². The number of phenols is 1. The van der Waals surface area contributed by atoms with Crippen LogP contribution in [-0.4, -0.2) is 97.0 Å². The highest BCUT2D eigenvalue weighted by atomic mass is 79.9. The highest BCUT2D eigenvalue weighted by Gasteiger charge is 2.43. The number of thiocarbonyl (C=S) groups is 1. The molecule has 8 N–H and O–H groups in total. The number of benzene rings is 3. The van der Waals surface area contributed by atoms with Gasteiger partial charge in [0.2, 0.25) is 5.43 Å². The van der Waals surface area contributed by atoms with Crippen molar-refractivity contribution in [3.05, 3.63) is 96.6 Å². The van der Waals surface area contributed by atoms with Gasteiger partial charge < -0.3 is 44.7 Å². The second-order valence-corrected chi connectivity index (χ2v) is 19.9. The Kier molecular flexibility index (Phi) is 17.1. The van der Waals surface area contributed by atoms with Crippen molar-refractivity contribution >= 4 is 120 Å². The van der Waals surface area contributed by atoms with E-state index in [-0.39, 0.29) is 78.5 Å². The van der Waals surface area contributed by atoms with E-state index >= 15 is 0 Å². The predicted octanol–water partition coefficient (Wildman–Crippen LogP) is 6.39. The molecule has 2 aromatic carbocycles. The molecule has 6 atom stereocenters. The zero-order valence-electron chi connectivity index (χ0n) is 33.1. The number of aromatic carboxylic acids is 1. The van der Waals surface area contributed by atoms with Gasteiger partial charge in [-0.05, 0) is 119 Å². The van der Waals surface area contributed by atoms with E-state index in [4.69, 9.17) is 44.6 Å². The summed E-state index contributed by atoms with van der Waals surface area (Å²) in [5.74, 6) is -1.32. The number of anilines is 1. The highest BCUT2D eigenvalue weighted by Crippen LogP contribution is 2.50. The fourth-order valence-corrected chi connectivity index (χ4v) is 10.5. The highest BCUT2D eigenvalue weighted by molar-refractivity contribution is 9.11. The van der Waals surface area contributed by atoms with Gasteiger partial charge in [-0.15, -0.1) is 9.42 Å². The number of aromatic amines is 1. The lowest BCUT2D eigenvalue weighted by Crippen LogP contribution is -2.33. The molecular formula is C37H35Br4N4O17P2S+. The minimum atomic E-state index is -4.90. The van der Waals surface area contributed by atoms with Crippen LogP contribution in [0.5, 0.6) is 5.75 Å². The first-order valence-electron chi connectivity index (χ1n) is 18.7. The lowest BCUT2D eigenvalue weighted by atomic mass is 9.90. The summed E-state index contributed by atoms with van der Waals surface area (Å²) < 4.78 is 57.9. The van der Waals surface area contributed by atoms with Gasteiger partial charge in [0.15, 0.2) is 16.5 Å². The van der Waals surface area contributed by atoms with Crippen molar-refractivity contribution in [1.82, 2.24) is 14.9 Å². The molecule has 2 aliphatic heterocycles. The van der Waals surface area contributed by atoms with Gasteiger partial charge in [0.05, 0.1) is 27.7 Å². The molecule has 1 saturated heterocycles. The number of aromatic hydroxyl groups is 1. The third-order valence-electron chi connectivity index (χ3n) is 9.55. The molecule has 65 heavy (non-hydrogen) atoms. The summed E-state index contributed by atoms with van der Waals surface area (Å²) in [6, 6.07) is 7.68. The molecule has 0 spiro atoms. The number of carbonyl (C=O) groups is 1. The van der Waals surface area contributed by atoms with Crippen molar-refractivity contribution in [2.24, 2.45) is 0 Å². The van der Waals surface area contributed by atoms with E-state index in [1.807, 2.05) is 0 Å². The van der Waals surface area contributed by atoms with E-state index in [0.717, 1.165) is 4.57 Å². The van der Waals surface area contributed by atoms with E-state index in [2.05, 4.69) is 79.3 Å². The van der Waals surface area contributed by atoms with Crippen LogP contribution in [0.25, 0.3) is 33.4 Å². The van der Waals surface area contributed by atoms with Gasteiger partial charge in [0, 0.05) is 58.1 Å². The number of phenolic OH excluding ortho intramolecular Hbond substituents is 1. The molecule has 0 radical (unpaired) electrons. The molecule has 348 valence electrons. The number of ether oxygens (including phenoxy) is 2. The van der Waals surface area contributed by atoms with Crippen LogP contribution in [0.3, 0.4) is 0 Å². The van der Waals surface area contributed by atoms with Crippen molar-refractivity contribution < 1.29 is 66.5 Å². The van der Waals surface area contributed by atoms with Crippen molar-refractivity contribution in [3.8, 4) is 28.2 Å². The van der Waals surface area contributed by atoms with Crippen molar-refractivity contribution in [2.45, 2.75) is 44.3 Å². The number of halogens is 4. The van der Waals surface area contributed by atoms with E-state index in [0.29, 0.717) is 33.1 Å². The lowest BCUT2D eigenvalue weighted by molar-refractivity contribution is -0.0444. The minimum absolute atomic E-state index is 0.0812. The molecule has 0 amide bonds. The summed E-state index contributed by atoms with van der Waals surface area (Å²) in [6.07, 6.45) is -3.63. The number of hydrogen-bond acceptors (Lipinski definition) is 15. The first-order valence-corrected chi connectivity index (χ1v) is 24.9. The normalized spacial score (nSPS) is 17.8. The SMILES string of the molecule is Cc1cn([C@H]2C[C@H](OP(=O)(O)OCC(O)COCCCNC(=S)Nc3ccc(-c4c5cc(Br)c(=O)c(Br)c-5oc5c(Br)c(O)c(Br)cc45)c(C(=O)O)c3)[C@@H](CO[P+](=O)O)O2)c(=O)[nH]c1=O. The van der Waals surface area contributed by atoms with E-state index in [9.17, 15) is 48.5 Å². The molecule has 3 aliphatic rings.